The third kappa shape index (κ3) is 3.84. The van der Waals surface area contributed by atoms with Crippen molar-refractivity contribution in [3.05, 3.63) is 0 Å². The fraction of sp³-hybridized carbons (Fsp3) is 0.917. The van der Waals surface area contributed by atoms with Crippen molar-refractivity contribution in [2.24, 2.45) is 28.6 Å². The number of likely N-dealkylation sites (tertiary alicyclic amines) is 1. The van der Waals surface area contributed by atoms with Gasteiger partial charge in [-0.25, -0.2) is 0 Å². The second-order valence-corrected chi connectivity index (χ2v) is 12.4. The Hall–Kier alpha value is -1.10. The van der Waals surface area contributed by atoms with E-state index in [0.29, 0.717) is 23.9 Å². The third-order valence-electron chi connectivity index (χ3n) is 8.75. The van der Waals surface area contributed by atoms with Gasteiger partial charge in [-0.2, -0.15) is 0 Å². The van der Waals surface area contributed by atoms with Crippen LogP contribution in [0.3, 0.4) is 0 Å². The Morgan fingerprint density at radius 1 is 0.931 bits per heavy atom. The van der Waals surface area contributed by atoms with Crippen LogP contribution < -0.4 is 10.6 Å². The second-order valence-electron chi connectivity index (χ2n) is 12.4. The van der Waals surface area contributed by atoms with Crippen LogP contribution in [0, 0.1) is 28.6 Å². The van der Waals surface area contributed by atoms with Gasteiger partial charge >= 0.3 is 0 Å². The van der Waals surface area contributed by atoms with Crippen LogP contribution in [0.25, 0.3) is 0 Å². The number of hydrogen-bond donors (Lipinski definition) is 2. The molecule has 6 rings (SSSR count). The number of hydrogen-bond acceptors (Lipinski definition) is 3. The molecule has 5 saturated carbocycles. The molecule has 29 heavy (non-hydrogen) atoms. The zero-order valence-corrected chi connectivity index (χ0v) is 18.6. The highest BCUT2D eigenvalue weighted by molar-refractivity contribution is 5.84. The highest BCUT2D eigenvalue weighted by Gasteiger charge is 2.59. The smallest absolute Gasteiger partial charge is 0.234 e. The van der Waals surface area contributed by atoms with Crippen LogP contribution in [0.2, 0.25) is 0 Å². The van der Waals surface area contributed by atoms with Gasteiger partial charge in [-0.3, -0.25) is 14.5 Å². The van der Waals surface area contributed by atoms with Gasteiger partial charge in [-0.05, 0) is 115 Å². The van der Waals surface area contributed by atoms with Gasteiger partial charge in [0.05, 0.1) is 6.54 Å². The SMILES string of the molecule is CC(C)(C)NC(=O)CN1CCC2(CC1)C[C@@H]2NC(=O)C12CC3CC(CC(C3)C1)C2. The first kappa shape index (κ1) is 19.8. The number of amides is 2. The number of rotatable bonds is 4. The van der Waals surface area contributed by atoms with E-state index in [1.54, 1.807) is 0 Å². The van der Waals surface area contributed by atoms with Crippen molar-refractivity contribution in [3.8, 4) is 0 Å². The molecular weight excluding hydrogens is 362 g/mol. The molecule has 1 spiro atoms. The van der Waals surface area contributed by atoms with E-state index in [1.807, 2.05) is 20.8 Å². The van der Waals surface area contributed by atoms with Crippen molar-refractivity contribution in [3.63, 3.8) is 0 Å². The molecule has 1 saturated heterocycles. The molecular formula is C24H39N3O2. The van der Waals surface area contributed by atoms with E-state index in [9.17, 15) is 9.59 Å². The summed E-state index contributed by atoms with van der Waals surface area (Å²) in [4.78, 5) is 27.8. The molecule has 1 atom stereocenters. The van der Waals surface area contributed by atoms with Gasteiger partial charge in [0.2, 0.25) is 11.8 Å². The highest BCUT2D eigenvalue weighted by atomic mass is 16.2. The van der Waals surface area contributed by atoms with E-state index in [-0.39, 0.29) is 16.9 Å². The van der Waals surface area contributed by atoms with Crippen molar-refractivity contribution in [1.29, 1.82) is 0 Å². The quantitative estimate of drug-likeness (QED) is 0.761. The number of nitrogens with one attached hydrogen (secondary N) is 2. The Balaban J connectivity index is 1.12. The minimum atomic E-state index is -0.169. The summed E-state index contributed by atoms with van der Waals surface area (Å²) in [6.07, 6.45) is 11.0. The first-order valence-electron chi connectivity index (χ1n) is 12.0. The standard InChI is InChI=1S/C24H39N3O2/c1-22(2,3)26-20(28)15-27-6-4-23(5-7-27)14-19(23)25-21(29)24-11-16-8-17(12-24)10-18(9-16)13-24/h16-19H,4-15H2,1-3H3,(H,25,29)(H,26,28)/t16?,17?,18?,19-,24?/m0/s1. The molecule has 2 N–H and O–H groups in total. The lowest BCUT2D eigenvalue weighted by molar-refractivity contribution is -0.146. The number of carbonyl (C=O) groups is 2. The molecule has 0 aromatic rings. The van der Waals surface area contributed by atoms with Crippen LogP contribution in [-0.2, 0) is 9.59 Å². The van der Waals surface area contributed by atoms with Crippen LogP contribution in [0.4, 0.5) is 0 Å². The maximum Gasteiger partial charge on any atom is 0.234 e. The predicted molar refractivity (Wildman–Crippen MR) is 113 cm³/mol. The number of piperidine rings is 1. The van der Waals surface area contributed by atoms with Gasteiger partial charge in [0.1, 0.15) is 0 Å². The van der Waals surface area contributed by atoms with Gasteiger partial charge in [0.15, 0.2) is 0 Å². The van der Waals surface area contributed by atoms with Gasteiger partial charge in [0, 0.05) is 17.0 Å². The fourth-order valence-electron chi connectivity index (χ4n) is 7.62. The Kier molecular flexibility index (Phi) is 4.58. The van der Waals surface area contributed by atoms with Gasteiger partial charge in [0.25, 0.3) is 0 Å². The number of carbonyl (C=O) groups excluding carboxylic acids is 2. The molecule has 2 amide bonds. The topological polar surface area (TPSA) is 61.4 Å². The van der Waals surface area contributed by atoms with E-state index in [4.69, 9.17) is 0 Å². The molecule has 0 unspecified atom stereocenters. The van der Waals surface area contributed by atoms with Crippen LogP contribution in [0.15, 0.2) is 0 Å². The molecule has 4 bridgehead atoms. The van der Waals surface area contributed by atoms with E-state index in [1.165, 1.54) is 19.3 Å². The van der Waals surface area contributed by atoms with E-state index >= 15 is 0 Å². The van der Waals surface area contributed by atoms with Crippen molar-refractivity contribution >= 4 is 11.8 Å². The molecule has 162 valence electrons. The third-order valence-corrected chi connectivity index (χ3v) is 8.75. The summed E-state index contributed by atoms with van der Waals surface area (Å²) < 4.78 is 0. The largest absolute Gasteiger partial charge is 0.352 e. The lowest BCUT2D eigenvalue weighted by Crippen LogP contribution is -2.54. The predicted octanol–water partition coefficient (Wildman–Crippen LogP) is 3.09. The van der Waals surface area contributed by atoms with E-state index in [2.05, 4.69) is 15.5 Å². The minimum Gasteiger partial charge on any atom is -0.352 e. The summed E-state index contributed by atoms with van der Waals surface area (Å²) in [5.41, 5.74) is 0.121. The highest BCUT2D eigenvalue weighted by Crippen LogP contribution is 2.61. The summed E-state index contributed by atoms with van der Waals surface area (Å²) in [6.45, 7) is 8.52. The van der Waals surface area contributed by atoms with Gasteiger partial charge in [-0.1, -0.05) is 0 Å². The first-order valence-corrected chi connectivity index (χ1v) is 12.0. The number of nitrogens with zero attached hydrogens (tertiary/aromatic N) is 1. The molecule has 6 aliphatic rings. The summed E-state index contributed by atoms with van der Waals surface area (Å²) in [7, 11) is 0. The fourth-order valence-corrected chi connectivity index (χ4v) is 7.62. The monoisotopic (exact) mass is 401 g/mol. The molecule has 0 radical (unpaired) electrons. The summed E-state index contributed by atoms with van der Waals surface area (Å²) in [5, 5.41) is 6.58. The van der Waals surface area contributed by atoms with E-state index < -0.39 is 0 Å². The maximum absolute atomic E-state index is 13.3. The molecule has 1 aliphatic heterocycles. The van der Waals surface area contributed by atoms with Crippen LogP contribution >= 0.6 is 0 Å². The Bertz CT molecular complexity index is 651. The Morgan fingerprint density at radius 3 is 2.00 bits per heavy atom. The molecule has 1 heterocycles. The first-order chi connectivity index (χ1) is 13.6. The minimum absolute atomic E-state index is 0.0235. The lowest BCUT2D eigenvalue weighted by Gasteiger charge is -2.55. The Morgan fingerprint density at radius 2 is 1.48 bits per heavy atom. The van der Waals surface area contributed by atoms with Crippen molar-refractivity contribution in [2.75, 3.05) is 19.6 Å². The van der Waals surface area contributed by atoms with Gasteiger partial charge < -0.3 is 10.6 Å². The maximum atomic E-state index is 13.3. The average Bonchev–Trinajstić information content (AvgIpc) is 3.26. The molecule has 5 aliphatic carbocycles. The summed E-state index contributed by atoms with van der Waals surface area (Å²) >= 11 is 0. The molecule has 6 fully saturated rings. The van der Waals surface area contributed by atoms with Crippen molar-refractivity contribution in [2.45, 2.75) is 90.1 Å². The summed E-state index contributed by atoms with van der Waals surface area (Å²) in [5.74, 6) is 2.98. The normalized spacial score (nSPS) is 40.1. The molecule has 5 nitrogen and oxygen atoms in total. The zero-order chi connectivity index (χ0) is 20.4. The van der Waals surface area contributed by atoms with Crippen LogP contribution in [-0.4, -0.2) is 47.9 Å². The molecule has 0 aromatic heterocycles. The summed E-state index contributed by atoms with van der Waals surface area (Å²) in [6, 6.07) is 0.383. The Labute approximate surface area is 175 Å². The molecule has 0 aromatic carbocycles. The van der Waals surface area contributed by atoms with Crippen LogP contribution in [0.5, 0.6) is 0 Å². The lowest BCUT2D eigenvalue weighted by atomic mass is 9.49. The van der Waals surface area contributed by atoms with Crippen LogP contribution in [0.1, 0.15) is 78.6 Å². The van der Waals surface area contributed by atoms with Gasteiger partial charge in [-0.15, -0.1) is 0 Å². The second kappa shape index (κ2) is 6.70. The average molecular weight is 402 g/mol. The van der Waals surface area contributed by atoms with E-state index in [0.717, 1.165) is 69.4 Å². The van der Waals surface area contributed by atoms with Crippen molar-refractivity contribution < 1.29 is 9.59 Å². The van der Waals surface area contributed by atoms with Crippen molar-refractivity contribution in [1.82, 2.24) is 15.5 Å². The molecule has 5 heteroatoms. The zero-order valence-electron chi connectivity index (χ0n) is 18.6.